The Bertz CT molecular complexity index is 539. The van der Waals surface area contributed by atoms with E-state index in [1.54, 1.807) is 7.11 Å². The van der Waals surface area contributed by atoms with Crippen LogP contribution < -0.4 is 10.1 Å². The molecule has 1 fully saturated rings. The number of benzene rings is 1. The highest BCUT2D eigenvalue weighted by atomic mass is 16.5. The number of hydrogen-bond donors (Lipinski definition) is 2. The summed E-state index contributed by atoms with van der Waals surface area (Å²) in [5.74, 6) is 0.925. The van der Waals surface area contributed by atoms with E-state index in [9.17, 15) is 4.79 Å². The van der Waals surface area contributed by atoms with Crippen LogP contribution in [0.2, 0.25) is 0 Å². The van der Waals surface area contributed by atoms with E-state index in [0.717, 1.165) is 37.9 Å². The first kappa shape index (κ1) is 15.2. The van der Waals surface area contributed by atoms with E-state index in [-0.39, 0.29) is 0 Å². The Morgan fingerprint density at radius 1 is 1.23 bits per heavy atom. The van der Waals surface area contributed by atoms with Gasteiger partial charge in [0.1, 0.15) is 5.75 Å². The van der Waals surface area contributed by atoms with Crippen LogP contribution >= 0.6 is 0 Å². The van der Waals surface area contributed by atoms with Crippen molar-refractivity contribution in [2.75, 3.05) is 20.2 Å². The van der Waals surface area contributed by atoms with E-state index in [1.165, 1.54) is 16.0 Å². The molecule has 2 N–H and O–H groups in total. The van der Waals surface area contributed by atoms with Gasteiger partial charge in [-0.25, -0.2) is 4.79 Å². The molecular weight excluding hydrogens is 280 g/mol. The van der Waals surface area contributed by atoms with E-state index in [4.69, 9.17) is 9.84 Å². The third-order valence-electron chi connectivity index (χ3n) is 4.88. The van der Waals surface area contributed by atoms with Gasteiger partial charge in [-0.2, -0.15) is 0 Å². The molecule has 0 spiro atoms. The molecule has 1 atom stereocenters. The number of likely N-dealkylation sites (tertiary alicyclic amines) is 1. The van der Waals surface area contributed by atoms with Crippen LogP contribution in [0.3, 0.4) is 0 Å². The first-order valence-corrected chi connectivity index (χ1v) is 8.05. The monoisotopic (exact) mass is 304 g/mol. The summed E-state index contributed by atoms with van der Waals surface area (Å²) >= 11 is 0. The lowest BCUT2D eigenvalue weighted by Gasteiger charge is -2.35. The summed E-state index contributed by atoms with van der Waals surface area (Å²) < 4.78 is 5.32. The fourth-order valence-corrected chi connectivity index (χ4v) is 3.57. The normalized spacial score (nSPS) is 22.2. The molecule has 0 aromatic heterocycles. The zero-order chi connectivity index (χ0) is 15.5. The first-order chi connectivity index (χ1) is 10.7. The number of fused-ring (bicyclic) bond motifs is 1. The van der Waals surface area contributed by atoms with Crippen molar-refractivity contribution < 1.29 is 14.6 Å². The summed E-state index contributed by atoms with van der Waals surface area (Å²) in [7, 11) is 1.70. The van der Waals surface area contributed by atoms with Crippen molar-refractivity contribution in [3.05, 3.63) is 29.3 Å². The number of carbonyl (C=O) groups is 1. The van der Waals surface area contributed by atoms with Crippen molar-refractivity contribution in [3.63, 3.8) is 0 Å². The van der Waals surface area contributed by atoms with Gasteiger partial charge >= 0.3 is 6.09 Å². The van der Waals surface area contributed by atoms with E-state index in [2.05, 4.69) is 17.4 Å². The fraction of sp³-hybridized carbons (Fsp3) is 0.588. The van der Waals surface area contributed by atoms with Gasteiger partial charge in [-0.3, -0.25) is 0 Å². The Kier molecular flexibility index (Phi) is 4.52. The highest BCUT2D eigenvalue weighted by Gasteiger charge is 2.26. The molecule has 1 aliphatic heterocycles. The van der Waals surface area contributed by atoms with E-state index < -0.39 is 6.09 Å². The highest BCUT2D eigenvalue weighted by molar-refractivity contribution is 5.65. The molecular formula is C17H24N2O3. The maximum absolute atomic E-state index is 10.9. The molecule has 0 bridgehead atoms. The second-order valence-corrected chi connectivity index (χ2v) is 6.28. The molecule has 1 saturated heterocycles. The van der Waals surface area contributed by atoms with Gasteiger partial charge in [0, 0.05) is 25.2 Å². The maximum atomic E-state index is 10.9. The van der Waals surface area contributed by atoms with Crippen molar-refractivity contribution in [3.8, 4) is 5.75 Å². The van der Waals surface area contributed by atoms with Crippen molar-refractivity contribution in [2.45, 2.75) is 44.2 Å². The zero-order valence-electron chi connectivity index (χ0n) is 13.0. The van der Waals surface area contributed by atoms with Crippen LogP contribution in [0.15, 0.2) is 18.2 Å². The summed E-state index contributed by atoms with van der Waals surface area (Å²) in [5, 5.41) is 12.7. The van der Waals surface area contributed by atoms with Gasteiger partial charge in [0.15, 0.2) is 0 Å². The molecule has 0 saturated carbocycles. The molecule has 0 unspecified atom stereocenters. The number of hydrogen-bond acceptors (Lipinski definition) is 3. The third-order valence-corrected chi connectivity index (χ3v) is 4.88. The maximum Gasteiger partial charge on any atom is 0.407 e. The Morgan fingerprint density at radius 2 is 2.00 bits per heavy atom. The topological polar surface area (TPSA) is 61.8 Å². The van der Waals surface area contributed by atoms with Crippen LogP contribution in [-0.2, 0) is 12.8 Å². The number of piperidine rings is 1. The van der Waals surface area contributed by atoms with Gasteiger partial charge < -0.3 is 20.1 Å². The smallest absolute Gasteiger partial charge is 0.407 e. The lowest BCUT2D eigenvalue weighted by Crippen LogP contribution is -2.48. The number of amides is 1. The molecule has 3 rings (SSSR count). The van der Waals surface area contributed by atoms with Gasteiger partial charge in [-0.05, 0) is 55.4 Å². The van der Waals surface area contributed by atoms with Gasteiger partial charge in [0.05, 0.1) is 7.11 Å². The zero-order valence-corrected chi connectivity index (χ0v) is 13.0. The predicted molar refractivity (Wildman–Crippen MR) is 84.6 cm³/mol. The Balaban J connectivity index is 1.55. The molecule has 5 heteroatoms. The second-order valence-electron chi connectivity index (χ2n) is 6.28. The van der Waals surface area contributed by atoms with Gasteiger partial charge in [-0.1, -0.05) is 6.07 Å². The molecule has 2 aliphatic rings. The molecule has 0 radical (unpaired) electrons. The quantitative estimate of drug-likeness (QED) is 0.899. The standard InChI is InChI=1S/C17H24N2O3/c1-22-16-5-3-12-2-4-15(10-13(12)11-16)18-14-6-8-19(9-7-14)17(20)21/h3,5,11,14-15,18H,2,4,6-10H2,1H3,(H,20,21)/t15-/m1/s1. The molecule has 1 aliphatic carbocycles. The van der Waals surface area contributed by atoms with Crippen LogP contribution in [0, 0.1) is 0 Å². The lowest BCUT2D eigenvalue weighted by molar-refractivity contribution is 0.127. The molecule has 5 nitrogen and oxygen atoms in total. The van der Waals surface area contributed by atoms with Crippen molar-refractivity contribution in [2.24, 2.45) is 0 Å². The van der Waals surface area contributed by atoms with Crippen LogP contribution in [-0.4, -0.2) is 48.4 Å². The minimum Gasteiger partial charge on any atom is -0.497 e. The number of methoxy groups -OCH3 is 1. The van der Waals surface area contributed by atoms with Crippen molar-refractivity contribution in [1.29, 1.82) is 0 Å². The summed E-state index contributed by atoms with van der Waals surface area (Å²) in [6.45, 7) is 1.29. The molecule has 1 aromatic rings. The summed E-state index contributed by atoms with van der Waals surface area (Å²) in [4.78, 5) is 12.5. The summed E-state index contributed by atoms with van der Waals surface area (Å²) in [5.41, 5.74) is 2.81. The van der Waals surface area contributed by atoms with E-state index in [0.29, 0.717) is 25.2 Å². The van der Waals surface area contributed by atoms with Gasteiger partial charge in [0.25, 0.3) is 0 Å². The van der Waals surface area contributed by atoms with Crippen LogP contribution in [0.25, 0.3) is 0 Å². The minimum absolute atomic E-state index is 0.438. The number of nitrogens with one attached hydrogen (secondary N) is 1. The van der Waals surface area contributed by atoms with Crippen LogP contribution in [0.5, 0.6) is 5.75 Å². The number of nitrogens with zero attached hydrogens (tertiary/aromatic N) is 1. The number of aryl methyl sites for hydroxylation is 1. The second kappa shape index (κ2) is 6.57. The molecule has 1 heterocycles. The van der Waals surface area contributed by atoms with E-state index >= 15 is 0 Å². The van der Waals surface area contributed by atoms with Gasteiger partial charge in [0.2, 0.25) is 0 Å². The van der Waals surface area contributed by atoms with Crippen LogP contribution in [0.1, 0.15) is 30.4 Å². The average molecular weight is 304 g/mol. The molecule has 22 heavy (non-hydrogen) atoms. The Labute approximate surface area is 131 Å². The van der Waals surface area contributed by atoms with Crippen molar-refractivity contribution in [1.82, 2.24) is 10.2 Å². The fourth-order valence-electron chi connectivity index (χ4n) is 3.57. The lowest BCUT2D eigenvalue weighted by atomic mass is 9.87. The highest BCUT2D eigenvalue weighted by Crippen LogP contribution is 2.26. The number of ether oxygens (including phenoxy) is 1. The Morgan fingerprint density at radius 3 is 2.68 bits per heavy atom. The molecule has 1 aromatic carbocycles. The molecule has 1 amide bonds. The third kappa shape index (κ3) is 3.35. The summed E-state index contributed by atoms with van der Waals surface area (Å²) in [6, 6.07) is 7.29. The first-order valence-electron chi connectivity index (χ1n) is 8.05. The van der Waals surface area contributed by atoms with Crippen LogP contribution in [0.4, 0.5) is 4.79 Å². The van der Waals surface area contributed by atoms with Crippen molar-refractivity contribution >= 4 is 6.09 Å². The van der Waals surface area contributed by atoms with Gasteiger partial charge in [-0.15, -0.1) is 0 Å². The van der Waals surface area contributed by atoms with E-state index in [1.807, 2.05) is 6.07 Å². The number of carboxylic acid groups (broad SMARTS) is 1. The predicted octanol–water partition coefficient (Wildman–Crippen LogP) is 2.28. The minimum atomic E-state index is -0.794. The number of rotatable bonds is 3. The SMILES string of the molecule is COc1ccc2c(c1)C[C@H](NC1CCN(C(=O)O)CC1)CC2. The average Bonchev–Trinajstić information content (AvgIpc) is 2.54. The molecule has 120 valence electrons. The largest absolute Gasteiger partial charge is 0.497 e. The summed E-state index contributed by atoms with van der Waals surface area (Å²) in [6.07, 6.45) is 4.31. The Hall–Kier alpha value is -1.75.